The third-order valence-electron chi connectivity index (χ3n) is 4.22. The van der Waals surface area contributed by atoms with Crippen LogP contribution in [-0.2, 0) is 0 Å². The van der Waals surface area contributed by atoms with E-state index in [1.165, 1.54) is 41.0 Å². The van der Waals surface area contributed by atoms with Gasteiger partial charge in [0.1, 0.15) is 11.0 Å². The lowest BCUT2D eigenvalue weighted by Crippen LogP contribution is -1.87. The van der Waals surface area contributed by atoms with Crippen molar-refractivity contribution in [3.63, 3.8) is 0 Å². The molecule has 0 unspecified atom stereocenters. The number of rotatable bonds is 4. The lowest BCUT2D eigenvalue weighted by Gasteiger charge is -2.14. The molecule has 0 fully saturated rings. The molecule has 0 radical (unpaired) electrons. The number of imidazole rings is 1. The predicted molar refractivity (Wildman–Crippen MR) is 110 cm³/mol. The molecule has 0 saturated heterocycles. The second kappa shape index (κ2) is 7.21. The summed E-state index contributed by atoms with van der Waals surface area (Å²) in [5.41, 5.74) is 3.15. The van der Waals surface area contributed by atoms with Gasteiger partial charge in [0.25, 0.3) is 0 Å². The second-order valence-electron chi connectivity index (χ2n) is 6.31. The summed E-state index contributed by atoms with van der Waals surface area (Å²) in [4.78, 5) is 10.3. The summed E-state index contributed by atoms with van der Waals surface area (Å²) in [7, 11) is 0. The van der Waals surface area contributed by atoms with Crippen molar-refractivity contribution in [3.8, 4) is 11.5 Å². The number of hydrogen-bond donors (Lipinski definition) is 3. The number of nitrogens with one attached hydrogen (secondary N) is 1. The Hall–Kier alpha value is -2.57. The molecule has 0 amide bonds. The Kier molecular flexibility index (Phi) is 4.76. The first-order valence-corrected chi connectivity index (χ1v) is 10.1. The number of H-pyrrole nitrogens is 1. The van der Waals surface area contributed by atoms with Crippen LogP contribution in [0.3, 0.4) is 0 Å². The highest BCUT2D eigenvalue weighted by molar-refractivity contribution is 8.02. The van der Waals surface area contributed by atoms with Crippen LogP contribution >= 0.6 is 23.5 Å². The molecule has 4 aromatic rings. The van der Waals surface area contributed by atoms with Crippen LogP contribution < -0.4 is 0 Å². The average molecular weight is 395 g/mol. The first-order chi connectivity index (χ1) is 13.0. The minimum Gasteiger partial charge on any atom is -0.505 e. The Morgan fingerprint density at radius 3 is 1.74 bits per heavy atom. The maximum absolute atomic E-state index is 10.9. The fourth-order valence-corrected chi connectivity index (χ4v) is 4.76. The summed E-state index contributed by atoms with van der Waals surface area (Å²) >= 11 is 2.85. The number of phenols is 2. The summed E-state index contributed by atoms with van der Waals surface area (Å²) in [6.45, 7) is 4.07. The fourth-order valence-electron chi connectivity index (χ4n) is 2.73. The zero-order valence-corrected chi connectivity index (χ0v) is 16.5. The van der Waals surface area contributed by atoms with Crippen molar-refractivity contribution in [2.24, 2.45) is 0 Å². The number of benzene rings is 3. The van der Waals surface area contributed by atoms with Gasteiger partial charge in [-0.3, -0.25) is 0 Å². The summed E-state index contributed by atoms with van der Waals surface area (Å²) in [5.74, 6) is 0.171. The van der Waals surface area contributed by atoms with Crippen LogP contribution in [0.1, 0.15) is 11.1 Å². The van der Waals surface area contributed by atoms with Crippen molar-refractivity contribution in [1.29, 1.82) is 0 Å². The largest absolute Gasteiger partial charge is 0.505 e. The maximum Gasteiger partial charge on any atom is 0.158 e. The molecule has 0 aliphatic carbocycles. The first kappa shape index (κ1) is 17.8. The van der Waals surface area contributed by atoms with Crippen LogP contribution in [0, 0.1) is 13.8 Å². The van der Waals surface area contributed by atoms with E-state index in [1.807, 2.05) is 62.4 Å². The lowest BCUT2D eigenvalue weighted by molar-refractivity contribution is 0.444. The minimum absolute atomic E-state index is 0.0734. The van der Waals surface area contributed by atoms with Crippen LogP contribution in [0.25, 0.3) is 11.0 Å². The number of aryl methyl sites for hydroxylation is 2. The quantitative estimate of drug-likeness (QED) is 0.376. The van der Waals surface area contributed by atoms with E-state index >= 15 is 0 Å². The van der Waals surface area contributed by atoms with Crippen LogP contribution in [0.2, 0.25) is 0 Å². The van der Waals surface area contributed by atoms with E-state index in [4.69, 9.17) is 0 Å². The standard InChI is InChI=1S/C21H18N2O2S2/c1-12-3-7-14(8-4-12)26-20-18(24)16-17(23-11-22-16)19(25)21(20)27-15-9-5-13(2)6-10-15/h3-11,24-25H,1-2H3,(H,22,23). The van der Waals surface area contributed by atoms with Gasteiger partial charge < -0.3 is 15.2 Å². The third kappa shape index (κ3) is 3.50. The van der Waals surface area contributed by atoms with Gasteiger partial charge in [-0.25, -0.2) is 4.98 Å². The number of aromatic amines is 1. The SMILES string of the molecule is Cc1ccc(Sc2c(Sc3ccc(C)cc3)c(O)c3[nH]cnc3c2O)cc1. The molecule has 3 aromatic carbocycles. The molecule has 0 saturated carbocycles. The molecule has 6 heteroatoms. The number of fused-ring (bicyclic) bond motifs is 1. The fraction of sp³-hybridized carbons (Fsp3) is 0.0952. The van der Waals surface area contributed by atoms with Gasteiger partial charge >= 0.3 is 0 Å². The van der Waals surface area contributed by atoms with Crippen molar-refractivity contribution in [2.45, 2.75) is 33.4 Å². The van der Waals surface area contributed by atoms with Crippen LogP contribution in [-0.4, -0.2) is 20.2 Å². The molecule has 1 heterocycles. The molecular formula is C21H18N2O2S2. The minimum atomic E-state index is 0.0734. The Bertz CT molecular complexity index is 1020. The van der Waals surface area contributed by atoms with Gasteiger partial charge in [-0.1, -0.05) is 58.9 Å². The number of phenolic OH excluding ortho intramolecular Hbond substituents is 2. The molecule has 0 aliphatic heterocycles. The topological polar surface area (TPSA) is 69.1 Å². The van der Waals surface area contributed by atoms with Crippen LogP contribution in [0.4, 0.5) is 0 Å². The van der Waals surface area contributed by atoms with E-state index in [-0.39, 0.29) is 11.5 Å². The molecule has 3 N–H and O–H groups in total. The maximum atomic E-state index is 10.9. The van der Waals surface area contributed by atoms with Crippen molar-refractivity contribution in [1.82, 2.24) is 9.97 Å². The number of nitrogens with zero attached hydrogens (tertiary/aromatic N) is 1. The van der Waals surface area contributed by atoms with E-state index in [0.717, 1.165) is 9.79 Å². The molecule has 4 nitrogen and oxygen atoms in total. The van der Waals surface area contributed by atoms with Gasteiger partial charge in [0.15, 0.2) is 11.5 Å². The van der Waals surface area contributed by atoms with Gasteiger partial charge in [0, 0.05) is 9.79 Å². The molecular weight excluding hydrogens is 376 g/mol. The number of hydrogen-bond acceptors (Lipinski definition) is 5. The van der Waals surface area contributed by atoms with E-state index in [9.17, 15) is 10.2 Å². The molecule has 0 bridgehead atoms. The van der Waals surface area contributed by atoms with Gasteiger partial charge in [-0.2, -0.15) is 0 Å². The zero-order valence-electron chi connectivity index (χ0n) is 14.9. The van der Waals surface area contributed by atoms with E-state index in [1.54, 1.807) is 0 Å². The molecule has 136 valence electrons. The molecule has 27 heavy (non-hydrogen) atoms. The van der Waals surface area contributed by atoms with E-state index < -0.39 is 0 Å². The van der Waals surface area contributed by atoms with Gasteiger partial charge in [0.05, 0.1) is 16.1 Å². The lowest BCUT2D eigenvalue weighted by atomic mass is 10.2. The Balaban J connectivity index is 1.85. The highest BCUT2D eigenvalue weighted by Gasteiger charge is 2.22. The van der Waals surface area contributed by atoms with Crippen molar-refractivity contribution in [3.05, 3.63) is 66.0 Å². The Morgan fingerprint density at radius 2 is 1.22 bits per heavy atom. The summed E-state index contributed by atoms with van der Waals surface area (Å²) in [6.07, 6.45) is 1.48. The van der Waals surface area contributed by atoms with Crippen molar-refractivity contribution >= 4 is 34.6 Å². The van der Waals surface area contributed by atoms with Gasteiger partial charge in [0.2, 0.25) is 0 Å². The smallest absolute Gasteiger partial charge is 0.158 e. The molecule has 1 aromatic heterocycles. The predicted octanol–water partition coefficient (Wildman–Crippen LogP) is 5.89. The van der Waals surface area contributed by atoms with Gasteiger partial charge in [-0.05, 0) is 38.1 Å². The van der Waals surface area contributed by atoms with Crippen LogP contribution in [0.5, 0.6) is 11.5 Å². The Morgan fingerprint density at radius 1 is 0.741 bits per heavy atom. The van der Waals surface area contributed by atoms with Crippen molar-refractivity contribution < 1.29 is 10.2 Å². The highest BCUT2D eigenvalue weighted by atomic mass is 32.2. The molecule has 0 spiro atoms. The third-order valence-corrected chi connectivity index (χ3v) is 6.57. The monoisotopic (exact) mass is 394 g/mol. The molecule has 0 aliphatic rings. The van der Waals surface area contributed by atoms with E-state index in [2.05, 4.69) is 9.97 Å². The summed E-state index contributed by atoms with van der Waals surface area (Å²) < 4.78 is 0. The van der Waals surface area contributed by atoms with Gasteiger partial charge in [-0.15, -0.1) is 0 Å². The summed E-state index contributed by atoms with van der Waals surface area (Å²) in [6, 6.07) is 16.1. The average Bonchev–Trinajstić information content (AvgIpc) is 3.16. The highest BCUT2D eigenvalue weighted by Crippen LogP contribution is 2.51. The summed E-state index contributed by atoms with van der Waals surface area (Å²) in [5, 5.41) is 21.7. The molecule has 4 rings (SSSR count). The number of aromatic hydroxyl groups is 2. The normalized spacial score (nSPS) is 11.2. The first-order valence-electron chi connectivity index (χ1n) is 8.43. The zero-order chi connectivity index (χ0) is 19.0. The van der Waals surface area contributed by atoms with Crippen LogP contribution in [0.15, 0.2) is 74.4 Å². The van der Waals surface area contributed by atoms with E-state index in [0.29, 0.717) is 20.8 Å². The van der Waals surface area contributed by atoms with Crippen molar-refractivity contribution in [2.75, 3.05) is 0 Å². The Labute approximate surface area is 165 Å². The number of aromatic nitrogens is 2. The second-order valence-corrected chi connectivity index (χ2v) is 8.48. The molecule has 0 atom stereocenters.